The quantitative estimate of drug-likeness (QED) is 0.644. The number of methoxy groups -OCH3 is 2. The lowest BCUT2D eigenvalue weighted by molar-refractivity contribution is -0.121. The maximum absolute atomic E-state index is 13.1. The Hall–Kier alpha value is -3.11. The lowest BCUT2D eigenvalue weighted by atomic mass is 10.0. The van der Waals surface area contributed by atoms with Crippen LogP contribution in [0.3, 0.4) is 0 Å². The molecular formula is C24H29N3O6S. The van der Waals surface area contributed by atoms with Crippen LogP contribution < -0.4 is 19.7 Å². The first-order chi connectivity index (χ1) is 16.3. The van der Waals surface area contributed by atoms with Crippen LogP contribution in [0.1, 0.15) is 31.2 Å². The van der Waals surface area contributed by atoms with Gasteiger partial charge in [-0.3, -0.25) is 9.59 Å². The summed E-state index contributed by atoms with van der Waals surface area (Å²) in [6.07, 6.45) is 3.39. The smallest absolute Gasteiger partial charge is 0.244 e. The highest BCUT2D eigenvalue weighted by atomic mass is 32.2. The van der Waals surface area contributed by atoms with Crippen LogP contribution in [0.5, 0.6) is 11.5 Å². The summed E-state index contributed by atoms with van der Waals surface area (Å²) in [6.45, 7) is 0.848. The summed E-state index contributed by atoms with van der Waals surface area (Å²) >= 11 is 0. The van der Waals surface area contributed by atoms with Gasteiger partial charge in [0.2, 0.25) is 21.8 Å². The van der Waals surface area contributed by atoms with Gasteiger partial charge in [0.15, 0.2) is 0 Å². The molecule has 0 radical (unpaired) electrons. The van der Waals surface area contributed by atoms with Crippen molar-refractivity contribution in [3.8, 4) is 11.5 Å². The molecule has 0 atom stereocenters. The van der Waals surface area contributed by atoms with Gasteiger partial charge in [0.05, 0.1) is 24.8 Å². The number of rotatable bonds is 7. The molecular weight excluding hydrogens is 458 g/mol. The molecule has 0 unspecified atom stereocenters. The van der Waals surface area contributed by atoms with Gasteiger partial charge in [-0.15, -0.1) is 0 Å². The molecule has 2 amide bonds. The topological polar surface area (TPSA) is 105 Å². The molecule has 1 saturated heterocycles. The van der Waals surface area contributed by atoms with Crippen LogP contribution >= 0.6 is 0 Å². The monoisotopic (exact) mass is 487 g/mol. The van der Waals surface area contributed by atoms with Crippen LogP contribution in [0.15, 0.2) is 41.3 Å². The van der Waals surface area contributed by atoms with Crippen molar-refractivity contribution < 1.29 is 27.5 Å². The fraction of sp³-hybridized carbons (Fsp3) is 0.417. The number of amides is 2. The Morgan fingerprint density at radius 1 is 1.00 bits per heavy atom. The lowest BCUT2D eigenvalue weighted by Gasteiger charge is -2.30. The first kappa shape index (κ1) is 24.0. The van der Waals surface area contributed by atoms with Crippen LogP contribution in [0.2, 0.25) is 0 Å². The van der Waals surface area contributed by atoms with E-state index in [1.807, 2.05) is 0 Å². The molecule has 34 heavy (non-hydrogen) atoms. The van der Waals surface area contributed by atoms with Crippen molar-refractivity contribution in [2.24, 2.45) is 0 Å². The highest BCUT2D eigenvalue weighted by Crippen LogP contribution is 2.32. The highest BCUT2D eigenvalue weighted by Gasteiger charge is 2.30. The van der Waals surface area contributed by atoms with Gasteiger partial charge in [-0.25, -0.2) is 8.42 Å². The molecule has 2 aliphatic heterocycles. The third-order valence-electron chi connectivity index (χ3n) is 6.19. The fourth-order valence-corrected chi connectivity index (χ4v) is 5.94. The third kappa shape index (κ3) is 4.88. The zero-order valence-electron chi connectivity index (χ0n) is 19.4. The molecule has 0 aliphatic carbocycles. The van der Waals surface area contributed by atoms with Gasteiger partial charge in [0.25, 0.3) is 0 Å². The molecule has 10 heteroatoms. The zero-order valence-corrected chi connectivity index (χ0v) is 20.2. The number of benzene rings is 2. The number of piperidine rings is 1. The van der Waals surface area contributed by atoms with Crippen molar-refractivity contribution in [1.82, 2.24) is 4.31 Å². The summed E-state index contributed by atoms with van der Waals surface area (Å²) in [5.41, 5.74) is 1.73. The number of ether oxygens (including phenoxy) is 2. The van der Waals surface area contributed by atoms with Gasteiger partial charge < -0.3 is 19.7 Å². The van der Waals surface area contributed by atoms with Crippen LogP contribution in [0.25, 0.3) is 0 Å². The van der Waals surface area contributed by atoms with E-state index < -0.39 is 15.9 Å². The number of carbonyl (C=O) groups excluding carboxylic acids is 2. The molecule has 0 saturated carbocycles. The molecule has 0 aromatic heterocycles. The Kier molecular flexibility index (Phi) is 7.08. The van der Waals surface area contributed by atoms with Gasteiger partial charge in [-0.05, 0) is 55.2 Å². The maximum Gasteiger partial charge on any atom is 0.244 e. The number of aryl methyl sites for hydroxylation is 1. The Morgan fingerprint density at radius 2 is 1.76 bits per heavy atom. The molecule has 0 bridgehead atoms. The van der Waals surface area contributed by atoms with Crippen molar-refractivity contribution in [3.63, 3.8) is 0 Å². The average molecular weight is 488 g/mol. The normalized spacial score (nSPS) is 16.6. The summed E-state index contributed by atoms with van der Waals surface area (Å²) in [4.78, 5) is 27.1. The Morgan fingerprint density at radius 3 is 2.47 bits per heavy atom. The molecule has 4 rings (SSSR count). The SMILES string of the molecule is COc1ccc(OC)c(NC(=O)CN2C(=O)CCc3cc(S(=O)(=O)N4CCCCC4)ccc32)c1. The predicted octanol–water partition coefficient (Wildman–Crippen LogP) is 2.80. The standard InChI is InChI=1S/C24H29N3O6S/c1-32-18-7-10-22(33-2)20(15-18)25-23(28)16-27-21-9-8-19(14-17(21)6-11-24(27)29)34(30,31)26-12-4-3-5-13-26/h7-10,14-15H,3-6,11-13,16H2,1-2H3,(H,25,28). The molecule has 9 nitrogen and oxygen atoms in total. The van der Waals surface area contributed by atoms with E-state index in [2.05, 4.69) is 5.32 Å². The molecule has 1 N–H and O–H groups in total. The van der Waals surface area contributed by atoms with Crippen molar-refractivity contribution in [2.45, 2.75) is 37.0 Å². The van der Waals surface area contributed by atoms with E-state index in [1.54, 1.807) is 30.3 Å². The summed E-state index contributed by atoms with van der Waals surface area (Å²) < 4.78 is 38.2. The third-order valence-corrected chi connectivity index (χ3v) is 8.08. The van der Waals surface area contributed by atoms with Crippen molar-refractivity contribution >= 4 is 33.2 Å². The first-order valence-corrected chi connectivity index (χ1v) is 12.7. The summed E-state index contributed by atoms with van der Waals surface area (Å²) in [5, 5.41) is 2.77. The van der Waals surface area contributed by atoms with E-state index in [-0.39, 0.29) is 23.8 Å². The maximum atomic E-state index is 13.1. The summed E-state index contributed by atoms with van der Waals surface area (Å²) in [7, 11) is -0.558. The number of hydrogen-bond donors (Lipinski definition) is 1. The predicted molar refractivity (Wildman–Crippen MR) is 128 cm³/mol. The van der Waals surface area contributed by atoms with Crippen molar-refractivity contribution in [2.75, 3.05) is 44.1 Å². The van der Waals surface area contributed by atoms with E-state index in [4.69, 9.17) is 9.47 Å². The second kappa shape index (κ2) is 10.0. The van der Waals surface area contributed by atoms with E-state index in [0.717, 1.165) is 24.8 Å². The number of anilines is 2. The molecule has 182 valence electrons. The highest BCUT2D eigenvalue weighted by molar-refractivity contribution is 7.89. The lowest BCUT2D eigenvalue weighted by Crippen LogP contribution is -2.41. The number of nitrogens with zero attached hydrogens (tertiary/aromatic N) is 2. The second-order valence-corrected chi connectivity index (χ2v) is 10.3. The van der Waals surface area contributed by atoms with Gasteiger partial charge >= 0.3 is 0 Å². The van der Waals surface area contributed by atoms with Crippen molar-refractivity contribution in [1.29, 1.82) is 0 Å². The van der Waals surface area contributed by atoms with E-state index >= 15 is 0 Å². The molecule has 0 spiro atoms. The minimum atomic E-state index is -3.58. The summed E-state index contributed by atoms with van der Waals surface area (Å²) in [5.74, 6) is 0.426. The first-order valence-electron chi connectivity index (χ1n) is 11.3. The number of nitrogens with one attached hydrogen (secondary N) is 1. The Bertz CT molecular complexity index is 1190. The number of hydrogen-bond acceptors (Lipinski definition) is 6. The molecule has 2 aromatic carbocycles. The van der Waals surface area contributed by atoms with Crippen LogP contribution in [0.4, 0.5) is 11.4 Å². The number of carbonyl (C=O) groups is 2. The Balaban J connectivity index is 1.54. The minimum absolute atomic E-state index is 0.188. The van der Waals surface area contributed by atoms with Crippen molar-refractivity contribution in [3.05, 3.63) is 42.0 Å². The van der Waals surface area contributed by atoms with Crippen LogP contribution in [-0.4, -0.2) is 58.4 Å². The molecule has 2 aliphatic rings. The van der Waals surface area contributed by atoms with Crippen LogP contribution in [0, 0.1) is 0 Å². The van der Waals surface area contributed by atoms with Crippen LogP contribution in [-0.2, 0) is 26.0 Å². The molecule has 2 aromatic rings. The van der Waals surface area contributed by atoms with Gasteiger partial charge in [-0.1, -0.05) is 6.42 Å². The number of sulfonamides is 1. The Labute approximate surface area is 199 Å². The number of fused-ring (bicyclic) bond motifs is 1. The molecule has 1 fully saturated rings. The fourth-order valence-electron chi connectivity index (χ4n) is 4.37. The molecule has 2 heterocycles. The van der Waals surface area contributed by atoms with E-state index in [0.29, 0.717) is 42.4 Å². The largest absolute Gasteiger partial charge is 0.497 e. The summed E-state index contributed by atoms with van der Waals surface area (Å²) in [6, 6.07) is 9.83. The average Bonchev–Trinajstić information content (AvgIpc) is 2.86. The second-order valence-electron chi connectivity index (χ2n) is 8.35. The van der Waals surface area contributed by atoms with Gasteiger partial charge in [-0.2, -0.15) is 4.31 Å². The van der Waals surface area contributed by atoms with E-state index in [9.17, 15) is 18.0 Å². The van der Waals surface area contributed by atoms with Gasteiger partial charge in [0, 0.05) is 31.3 Å². The minimum Gasteiger partial charge on any atom is -0.497 e. The van der Waals surface area contributed by atoms with E-state index in [1.165, 1.54) is 29.5 Å². The van der Waals surface area contributed by atoms with Gasteiger partial charge in [0.1, 0.15) is 18.0 Å². The zero-order chi connectivity index (χ0) is 24.3.